The van der Waals surface area contributed by atoms with Crippen LogP contribution in [0.25, 0.3) is 0 Å². The summed E-state index contributed by atoms with van der Waals surface area (Å²) in [6, 6.07) is 3.28. The zero-order chi connectivity index (χ0) is 11.6. The molecule has 1 rings (SSSR count). The fourth-order valence-electron chi connectivity index (χ4n) is 1.38. The molecule has 0 saturated carbocycles. The van der Waals surface area contributed by atoms with Crippen LogP contribution in [0.4, 0.5) is 0 Å². The van der Waals surface area contributed by atoms with Crippen molar-refractivity contribution in [3.63, 3.8) is 0 Å². The second-order valence-corrected chi connectivity index (χ2v) is 4.92. The van der Waals surface area contributed by atoms with Gasteiger partial charge in [0.25, 0.3) is 0 Å². The Kier molecular flexibility index (Phi) is 4.72. The first kappa shape index (κ1) is 13.1. The van der Waals surface area contributed by atoms with Gasteiger partial charge in [-0.05, 0) is 23.6 Å². The summed E-state index contributed by atoms with van der Waals surface area (Å²) in [7, 11) is 0. The molecule has 0 aromatic heterocycles. The minimum atomic E-state index is -0.126. The molecule has 4 heteroatoms. The van der Waals surface area contributed by atoms with Gasteiger partial charge in [-0.2, -0.15) is 0 Å². The van der Waals surface area contributed by atoms with Crippen molar-refractivity contribution in [1.82, 2.24) is 0 Å². The maximum atomic E-state index is 6.09. The summed E-state index contributed by atoms with van der Waals surface area (Å²) in [6.45, 7) is 4.17. The summed E-state index contributed by atoms with van der Waals surface area (Å²) >= 11 is 17.9. The average Bonchev–Trinajstić information content (AvgIpc) is 2.21. The van der Waals surface area contributed by atoms with E-state index in [2.05, 4.69) is 13.8 Å². The van der Waals surface area contributed by atoms with E-state index in [1.807, 2.05) is 0 Å². The quantitative estimate of drug-likeness (QED) is 0.789. The first-order valence-corrected chi connectivity index (χ1v) is 6.00. The lowest BCUT2D eigenvalue weighted by atomic mass is 9.93. The molecular weight excluding hydrogens is 252 g/mol. The molecular formula is C11H14Cl3N. The SMILES string of the molecule is CCC(C)[C@@H](N)c1cc(Cl)cc(Cl)c1Cl. The van der Waals surface area contributed by atoms with Crippen molar-refractivity contribution in [3.05, 3.63) is 32.8 Å². The molecule has 0 aliphatic rings. The predicted molar refractivity (Wildman–Crippen MR) is 67.9 cm³/mol. The van der Waals surface area contributed by atoms with Crippen molar-refractivity contribution in [1.29, 1.82) is 0 Å². The summed E-state index contributed by atoms with van der Waals surface area (Å²) in [5.41, 5.74) is 6.91. The van der Waals surface area contributed by atoms with Crippen LogP contribution in [-0.2, 0) is 0 Å². The molecule has 2 N–H and O–H groups in total. The molecule has 0 radical (unpaired) electrons. The van der Waals surface area contributed by atoms with E-state index in [0.29, 0.717) is 21.0 Å². The van der Waals surface area contributed by atoms with Crippen LogP contribution in [0.3, 0.4) is 0 Å². The maximum Gasteiger partial charge on any atom is 0.0641 e. The zero-order valence-corrected chi connectivity index (χ0v) is 11.0. The van der Waals surface area contributed by atoms with Crippen LogP contribution in [0.2, 0.25) is 15.1 Å². The lowest BCUT2D eigenvalue weighted by Gasteiger charge is -2.20. The van der Waals surface area contributed by atoms with Gasteiger partial charge in [0.15, 0.2) is 0 Å². The Morgan fingerprint density at radius 3 is 2.40 bits per heavy atom. The largest absolute Gasteiger partial charge is 0.324 e. The topological polar surface area (TPSA) is 26.0 Å². The predicted octanol–water partition coefficient (Wildman–Crippen LogP) is 4.69. The molecule has 0 saturated heterocycles. The van der Waals surface area contributed by atoms with Crippen LogP contribution in [0.1, 0.15) is 31.9 Å². The lowest BCUT2D eigenvalue weighted by molar-refractivity contribution is 0.457. The number of benzene rings is 1. The van der Waals surface area contributed by atoms with Gasteiger partial charge in [0.05, 0.1) is 10.0 Å². The number of nitrogens with two attached hydrogens (primary N) is 1. The summed E-state index contributed by atoms with van der Waals surface area (Å²) in [4.78, 5) is 0. The van der Waals surface area contributed by atoms with Gasteiger partial charge in [-0.3, -0.25) is 0 Å². The van der Waals surface area contributed by atoms with E-state index < -0.39 is 0 Å². The standard InChI is InChI=1S/C11H14Cl3N/c1-3-6(2)11(15)8-4-7(12)5-9(13)10(8)14/h4-6,11H,3,15H2,1-2H3/t6?,11-/m1/s1. The third-order valence-electron chi connectivity index (χ3n) is 2.64. The second-order valence-electron chi connectivity index (χ2n) is 3.70. The monoisotopic (exact) mass is 265 g/mol. The Labute approximate surface area is 106 Å². The lowest BCUT2D eigenvalue weighted by Crippen LogP contribution is -2.19. The molecule has 2 atom stereocenters. The van der Waals surface area contributed by atoms with Crippen molar-refractivity contribution in [3.8, 4) is 0 Å². The van der Waals surface area contributed by atoms with E-state index in [1.165, 1.54) is 0 Å². The molecule has 1 nitrogen and oxygen atoms in total. The van der Waals surface area contributed by atoms with E-state index in [-0.39, 0.29) is 6.04 Å². The van der Waals surface area contributed by atoms with Gasteiger partial charge in [0.2, 0.25) is 0 Å². The maximum absolute atomic E-state index is 6.09. The highest BCUT2D eigenvalue weighted by Crippen LogP contribution is 2.35. The first-order valence-electron chi connectivity index (χ1n) is 4.87. The number of hydrogen-bond acceptors (Lipinski definition) is 1. The first-order chi connectivity index (χ1) is 6.97. The Bertz CT molecular complexity index is 352. The zero-order valence-electron chi connectivity index (χ0n) is 8.73. The number of rotatable bonds is 3. The van der Waals surface area contributed by atoms with Gasteiger partial charge in [-0.25, -0.2) is 0 Å². The Morgan fingerprint density at radius 2 is 1.87 bits per heavy atom. The van der Waals surface area contributed by atoms with Gasteiger partial charge in [0.1, 0.15) is 0 Å². The van der Waals surface area contributed by atoms with Gasteiger partial charge >= 0.3 is 0 Å². The van der Waals surface area contributed by atoms with Crippen LogP contribution in [-0.4, -0.2) is 0 Å². The van der Waals surface area contributed by atoms with Crippen molar-refractivity contribution >= 4 is 34.8 Å². The molecule has 0 fully saturated rings. The van der Waals surface area contributed by atoms with Gasteiger partial charge in [-0.1, -0.05) is 55.1 Å². The summed E-state index contributed by atoms with van der Waals surface area (Å²) in [5, 5.41) is 1.53. The normalized spacial score (nSPS) is 15.1. The molecule has 1 aromatic carbocycles. The third-order valence-corrected chi connectivity index (χ3v) is 3.67. The summed E-state index contributed by atoms with van der Waals surface area (Å²) < 4.78 is 0. The van der Waals surface area contributed by atoms with Gasteiger partial charge < -0.3 is 5.73 Å². The molecule has 0 spiro atoms. The molecule has 0 heterocycles. The van der Waals surface area contributed by atoms with Gasteiger partial charge in [0, 0.05) is 11.1 Å². The Hall–Kier alpha value is 0.0500. The highest BCUT2D eigenvalue weighted by molar-refractivity contribution is 6.43. The highest BCUT2D eigenvalue weighted by Gasteiger charge is 2.18. The third kappa shape index (κ3) is 3.01. The van der Waals surface area contributed by atoms with Crippen LogP contribution >= 0.6 is 34.8 Å². The fourth-order valence-corrected chi connectivity index (χ4v) is 2.12. The van der Waals surface area contributed by atoms with Crippen molar-refractivity contribution in [2.24, 2.45) is 11.7 Å². The van der Waals surface area contributed by atoms with E-state index in [4.69, 9.17) is 40.5 Å². The summed E-state index contributed by atoms with van der Waals surface area (Å²) in [5.74, 6) is 0.344. The van der Waals surface area contributed by atoms with Crippen LogP contribution in [0, 0.1) is 5.92 Å². The molecule has 84 valence electrons. The van der Waals surface area contributed by atoms with Gasteiger partial charge in [-0.15, -0.1) is 0 Å². The van der Waals surface area contributed by atoms with Crippen molar-refractivity contribution in [2.45, 2.75) is 26.3 Å². The van der Waals surface area contributed by atoms with E-state index in [1.54, 1.807) is 12.1 Å². The van der Waals surface area contributed by atoms with Crippen molar-refractivity contribution < 1.29 is 0 Å². The molecule has 0 bridgehead atoms. The average molecular weight is 267 g/mol. The Balaban J connectivity index is 3.13. The molecule has 1 aromatic rings. The minimum absolute atomic E-state index is 0.126. The number of halogens is 3. The molecule has 15 heavy (non-hydrogen) atoms. The van der Waals surface area contributed by atoms with Crippen LogP contribution in [0.15, 0.2) is 12.1 Å². The van der Waals surface area contributed by atoms with E-state index >= 15 is 0 Å². The van der Waals surface area contributed by atoms with Crippen LogP contribution < -0.4 is 5.73 Å². The highest BCUT2D eigenvalue weighted by atomic mass is 35.5. The molecule has 0 amide bonds. The Morgan fingerprint density at radius 1 is 1.27 bits per heavy atom. The smallest absolute Gasteiger partial charge is 0.0641 e. The minimum Gasteiger partial charge on any atom is -0.324 e. The number of hydrogen-bond donors (Lipinski definition) is 1. The van der Waals surface area contributed by atoms with Crippen molar-refractivity contribution in [2.75, 3.05) is 0 Å². The molecule has 0 aliphatic heterocycles. The van der Waals surface area contributed by atoms with Crippen LogP contribution in [0.5, 0.6) is 0 Å². The van der Waals surface area contributed by atoms with E-state index in [9.17, 15) is 0 Å². The molecule has 0 aliphatic carbocycles. The molecule has 1 unspecified atom stereocenters. The van der Waals surface area contributed by atoms with E-state index in [0.717, 1.165) is 12.0 Å². The summed E-state index contributed by atoms with van der Waals surface area (Å²) in [6.07, 6.45) is 0.988. The second kappa shape index (κ2) is 5.40. The fraction of sp³-hybridized carbons (Fsp3) is 0.455.